The first-order chi connectivity index (χ1) is 19.0. The second-order valence-electron chi connectivity index (χ2n) is 8.55. The lowest BCUT2D eigenvalue weighted by atomic mass is 10.1. The SMILES string of the molecule is CCOC(=O)[C@H](CCCc1ccccc1Oc1ccccc1)Sc1cccc(Oc2ccccc2)c1[N+](=O)[O-]. The number of esters is 1. The number of hydrogen-bond acceptors (Lipinski definition) is 7. The average Bonchev–Trinajstić information content (AvgIpc) is 2.94. The van der Waals surface area contributed by atoms with Crippen molar-refractivity contribution in [2.45, 2.75) is 36.3 Å². The van der Waals surface area contributed by atoms with Crippen LogP contribution in [0.15, 0.2) is 108 Å². The molecule has 0 bridgehead atoms. The maximum absolute atomic E-state index is 12.9. The molecule has 4 rings (SSSR count). The van der Waals surface area contributed by atoms with Crippen LogP contribution >= 0.6 is 11.8 Å². The predicted octanol–water partition coefficient (Wildman–Crippen LogP) is 8.23. The molecule has 0 N–H and O–H groups in total. The Morgan fingerprint density at radius 1 is 0.821 bits per heavy atom. The van der Waals surface area contributed by atoms with Crippen LogP contribution in [-0.2, 0) is 16.0 Å². The summed E-state index contributed by atoms with van der Waals surface area (Å²) in [5.74, 6) is 1.70. The molecule has 7 nitrogen and oxygen atoms in total. The van der Waals surface area contributed by atoms with Crippen molar-refractivity contribution in [3.8, 4) is 23.0 Å². The zero-order valence-corrected chi connectivity index (χ0v) is 22.3. The van der Waals surface area contributed by atoms with Crippen LogP contribution in [0.3, 0.4) is 0 Å². The molecule has 0 aliphatic carbocycles. The molecule has 4 aromatic rings. The van der Waals surface area contributed by atoms with Crippen LogP contribution in [0, 0.1) is 10.1 Å². The number of para-hydroxylation sites is 4. The molecule has 0 unspecified atom stereocenters. The van der Waals surface area contributed by atoms with Crippen LogP contribution in [0.5, 0.6) is 23.0 Å². The van der Waals surface area contributed by atoms with E-state index in [9.17, 15) is 14.9 Å². The fraction of sp³-hybridized carbons (Fsp3) is 0.194. The third kappa shape index (κ3) is 7.85. The Balaban J connectivity index is 1.50. The summed E-state index contributed by atoms with van der Waals surface area (Å²) in [6.07, 6.45) is 1.78. The number of nitro benzene ring substituents is 1. The van der Waals surface area contributed by atoms with E-state index < -0.39 is 16.1 Å². The van der Waals surface area contributed by atoms with Gasteiger partial charge in [-0.15, -0.1) is 11.8 Å². The molecule has 0 saturated heterocycles. The Morgan fingerprint density at radius 2 is 1.41 bits per heavy atom. The Kier molecular flexibility index (Phi) is 9.97. The van der Waals surface area contributed by atoms with Gasteiger partial charge in [-0.2, -0.15) is 0 Å². The van der Waals surface area contributed by atoms with Gasteiger partial charge in [-0.05, 0) is 74.2 Å². The lowest BCUT2D eigenvalue weighted by Crippen LogP contribution is -2.20. The van der Waals surface area contributed by atoms with E-state index in [4.69, 9.17) is 14.2 Å². The first-order valence-electron chi connectivity index (χ1n) is 12.7. The molecule has 0 aromatic heterocycles. The molecule has 0 spiro atoms. The van der Waals surface area contributed by atoms with E-state index in [0.717, 1.165) is 28.8 Å². The maximum Gasteiger partial charge on any atom is 0.324 e. The number of nitro groups is 1. The molecule has 0 aliphatic heterocycles. The highest BCUT2D eigenvalue weighted by Gasteiger charge is 2.28. The zero-order chi connectivity index (χ0) is 27.5. The van der Waals surface area contributed by atoms with Gasteiger partial charge in [0, 0.05) is 0 Å². The number of benzene rings is 4. The minimum Gasteiger partial charge on any atom is -0.465 e. The molecule has 0 amide bonds. The number of nitrogens with zero attached hydrogens (tertiary/aromatic N) is 1. The van der Waals surface area contributed by atoms with E-state index in [1.807, 2.05) is 60.7 Å². The summed E-state index contributed by atoms with van der Waals surface area (Å²) in [7, 11) is 0. The second kappa shape index (κ2) is 14.0. The van der Waals surface area contributed by atoms with Crippen molar-refractivity contribution >= 4 is 23.4 Å². The Hall–Kier alpha value is -4.30. The van der Waals surface area contributed by atoms with Gasteiger partial charge >= 0.3 is 11.7 Å². The van der Waals surface area contributed by atoms with Crippen LogP contribution in [-0.4, -0.2) is 22.7 Å². The number of thioether (sulfide) groups is 1. The third-order valence-electron chi connectivity index (χ3n) is 5.79. The minimum absolute atomic E-state index is 0.116. The average molecular weight is 544 g/mol. The summed E-state index contributed by atoms with van der Waals surface area (Å²) < 4.78 is 17.2. The summed E-state index contributed by atoms with van der Waals surface area (Å²) in [6.45, 7) is 1.97. The number of rotatable bonds is 13. The fourth-order valence-corrected chi connectivity index (χ4v) is 5.19. The summed E-state index contributed by atoms with van der Waals surface area (Å²) in [5.41, 5.74) is 0.834. The van der Waals surface area contributed by atoms with Gasteiger partial charge in [-0.1, -0.05) is 60.7 Å². The quantitative estimate of drug-likeness (QED) is 0.0726. The minimum atomic E-state index is -0.627. The molecule has 39 heavy (non-hydrogen) atoms. The highest BCUT2D eigenvalue weighted by molar-refractivity contribution is 8.00. The fourth-order valence-electron chi connectivity index (χ4n) is 3.99. The molecule has 0 saturated carbocycles. The van der Waals surface area contributed by atoms with Gasteiger partial charge in [0.2, 0.25) is 5.75 Å². The first kappa shape index (κ1) is 27.7. The molecule has 1 atom stereocenters. The van der Waals surface area contributed by atoms with Crippen molar-refractivity contribution in [2.75, 3.05) is 6.61 Å². The molecule has 0 aliphatic rings. The third-order valence-corrected chi connectivity index (χ3v) is 7.09. The number of aryl methyl sites for hydroxylation is 1. The Labute approximate surface area is 231 Å². The van der Waals surface area contributed by atoms with Gasteiger partial charge in [0.1, 0.15) is 22.5 Å². The van der Waals surface area contributed by atoms with Crippen molar-refractivity contribution in [2.24, 2.45) is 0 Å². The van der Waals surface area contributed by atoms with Crippen LogP contribution in [0.25, 0.3) is 0 Å². The van der Waals surface area contributed by atoms with E-state index in [1.54, 1.807) is 49.4 Å². The molecular formula is C31H29NO6S. The summed E-state index contributed by atoms with van der Waals surface area (Å²) >= 11 is 1.13. The van der Waals surface area contributed by atoms with Crippen molar-refractivity contribution in [1.82, 2.24) is 0 Å². The summed E-state index contributed by atoms with van der Waals surface area (Å²) in [6, 6.07) is 31.1. The van der Waals surface area contributed by atoms with Gasteiger partial charge in [0.25, 0.3) is 0 Å². The molecule has 4 aromatic carbocycles. The highest BCUT2D eigenvalue weighted by Crippen LogP contribution is 2.42. The number of ether oxygens (including phenoxy) is 3. The number of hydrogen-bond donors (Lipinski definition) is 0. The molecular weight excluding hydrogens is 514 g/mol. The highest BCUT2D eigenvalue weighted by atomic mass is 32.2. The monoisotopic (exact) mass is 543 g/mol. The number of carbonyl (C=O) groups is 1. The van der Waals surface area contributed by atoms with Gasteiger partial charge in [0.15, 0.2) is 0 Å². The maximum atomic E-state index is 12.9. The first-order valence-corrected chi connectivity index (χ1v) is 13.6. The number of carbonyl (C=O) groups excluding carboxylic acids is 1. The second-order valence-corrected chi connectivity index (χ2v) is 9.79. The summed E-state index contributed by atoms with van der Waals surface area (Å²) in [5, 5.41) is 11.5. The zero-order valence-electron chi connectivity index (χ0n) is 21.5. The van der Waals surface area contributed by atoms with Crippen LogP contribution in [0.4, 0.5) is 5.69 Å². The molecule has 200 valence electrons. The van der Waals surface area contributed by atoms with Crippen LogP contribution in [0.1, 0.15) is 25.3 Å². The Morgan fingerprint density at radius 3 is 2.05 bits per heavy atom. The molecule has 8 heteroatoms. The van der Waals surface area contributed by atoms with E-state index in [0.29, 0.717) is 29.9 Å². The Bertz CT molecular complexity index is 1380. The van der Waals surface area contributed by atoms with Crippen molar-refractivity contribution in [1.29, 1.82) is 0 Å². The molecule has 0 radical (unpaired) electrons. The standard InChI is InChI=1S/C31H29NO6S/c1-2-36-31(33)29(22-11-14-23-13-9-10-19-26(23)37-24-15-5-3-6-16-24)39-28-21-12-20-27(30(28)32(34)35)38-25-17-7-4-8-18-25/h3-10,12-13,15-21,29H,2,11,14,22H2,1H3/t29-/m0/s1. The smallest absolute Gasteiger partial charge is 0.324 e. The van der Waals surface area contributed by atoms with E-state index in [1.165, 1.54) is 0 Å². The van der Waals surface area contributed by atoms with Gasteiger partial charge < -0.3 is 14.2 Å². The van der Waals surface area contributed by atoms with Gasteiger partial charge in [-0.3, -0.25) is 14.9 Å². The lowest BCUT2D eigenvalue weighted by molar-refractivity contribution is -0.388. The topological polar surface area (TPSA) is 87.9 Å². The molecule has 0 heterocycles. The van der Waals surface area contributed by atoms with E-state index >= 15 is 0 Å². The van der Waals surface area contributed by atoms with Crippen molar-refractivity contribution in [3.63, 3.8) is 0 Å². The summed E-state index contributed by atoms with van der Waals surface area (Å²) in [4.78, 5) is 24.8. The van der Waals surface area contributed by atoms with Crippen LogP contribution in [0.2, 0.25) is 0 Å². The van der Waals surface area contributed by atoms with Crippen LogP contribution < -0.4 is 9.47 Å². The largest absolute Gasteiger partial charge is 0.465 e. The van der Waals surface area contributed by atoms with E-state index in [2.05, 4.69) is 0 Å². The van der Waals surface area contributed by atoms with Crippen molar-refractivity contribution < 1.29 is 23.9 Å². The van der Waals surface area contributed by atoms with Gasteiger partial charge in [-0.25, -0.2) is 0 Å². The van der Waals surface area contributed by atoms with Gasteiger partial charge in [0.05, 0.1) is 16.4 Å². The molecule has 0 fully saturated rings. The normalized spacial score (nSPS) is 11.4. The predicted molar refractivity (Wildman–Crippen MR) is 152 cm³/mol. The van der Waals surface area contributed by atoms with Crippen molar-refractivity contribution in [3.05, 3.63) is 119 Å². The van der Waals surface area contributed by atoms with E-state index in [-0.39, 0.29) is 18.0 Å². The lowest BCUT2D eigenvalue weighted by Gasteiger charge is -2.17.